The molecule has 0 aliphatic heterocycles. The number of nitrogens with one attached hydrogen (secondary N) is 1. The fourth-order valence-electron chi connectivity index (χ4n) is 2.80. The minimum Gasteiger partial charge on any atom is -0.392 e. The summed E-state index contributed by atoms with van der Waals surface area (Å²) in [6.45, 7) is -0.593. The molecule has 28 heavy (non-hydrogen) atoms. The number of aliphatic hydroxyl groups excluding tert-OH is 1. The van der Waals surface area contributed by atoms with Crippen molar-refractivity contribution in [3.05, 3.63) is 70.2 Å². The van der Waals surface area contributed by atoms with Gasteiger partial charge in [0, 0.05) is 30.9 Å². The number of aliphatic hydroxyl groups is 1. The van der Waals surface area contributed by atoms with Gasteiger partial charge >= 0.3 is 6.18 Å². The van der Waals surface area contributed by atoms with Crippen molar-refractivity contribution < 1.29 is 23.2 Å². The van der Waals surface area contributed by atoms with Crippen LogP contribution in [-0.4, -0.2) is 26.6 Å². The summed E-state index contributed by atoms with van der Waals surface area (Å²) in [5.74, 6) is 0. The lowest BCUT2D eigenvalue weighted by Crippen LogP contribution is -2.06. The van der Waals surface area contributed by atoms with Gasteiger partial charge in [-0.05, 0) is 23.8 Å². The molecule has 0 aliphatic rings. The minimum absolute atomic E-state index is 0.0768. The van der Waals surface area contributed by atoms with Crippen molar-refractivity contribution in [2.24, 2.45) is 0 Å². The van der Waals surface area contributed by atoms with Crippen LogP contribution in [0.1, 0.15) is 11.1 Å². The van der Waals surface area contributed by atoms with Gasteiger partial charge in [0.2, 0.25) is 0 Å². The number of aromatic nitrogens is 2. The number of non-ortho nitro benzene ring substituents is 1. The maximum Gasteiger partial charge on any atom is 0.416 e. The lowest BCUT2D eigenvalue weighted by atomic mass is 10.0. The minimum atomic E-state index is -4.52. The molecule has 0 atom stereocenters. The number of nitro benzene ring substituents is 1. The highest BCUT2D eigenvalue weighted by atomic mass is 19.4. The summed E-state index contributed by atoms with van der Waals surface area (Å²) in [7, 11) is 1.65. The highest BCUT2D eigenvalue weighted by Gasteiger charge is 2.31. The highest BCUT2D eigenvalue weighted by Crippen LogP contribution is 2.34. The third-order valence-corrected chi connectivity index (χ3v) is 4.20. The molecule has 2 aromatic carbocycles. The fourth-order valence-corrected chi connectivity index (χ4v) is 2.80. The van der Waals surface area contributed by atoms with Gasteiger partial charge in [0.15, 0.2) is 0 Å². The smallest absolute Gasteiger partial charge is 0.392 e. The standard InChI is InChI=1S/C18H15F3N4O3/c1-22-15-5-3-13(25(27)28)7-17(15)24-8-16(23-10-24)14-4-2-12(18(19,20)21)6-11(14)9-26/h2-8,10,22,26H,9H2,1H3. The number of anilines is 1. The molecule has 1 aromatic heterocycles. The van der Waals surface area contributed by atoms with E-state index in [1.54, 1.807) is 13.1 Å². The molecule has 0 saturated heterocycles. The lowest BCUT2D eigenvalue weighted by molar-refractivity contribution is -0.384. The Hall–Kier alpha value is -3.40. The predicted molar refractivity (Wildman–Crippen MR) is 96.1 cm³/mol. The van der Waals surface area contributed by atoms with Crippen molar-refractivity contribution in [3.8, 4) is 16.9 Å². The largest absolute Gasteiger partial charge is 0.416 e. The number of alkyl halides is 3. The normalized spacial score (nSPS) is 11.5. The zero-order chi connectivity index (χ0) is 20.5. The third kappa shape index (κ3) is 3.67. The average Bonchev–Trinajstić information content (AvgIpc) is 3.15. The van der Waals surface area contributed by atoms with Gasteiger partial charge < -0.3 is 15.0 Å². The van der Waals surface area contributed by atoms with Crippen molar-refractivity contribution in [1.29, 1.82) is 0 Å². The number of hydrogen-bond acceptors (Lipinski definition) is 5. The molecule has 0 spiro atoms. The molecule has 0 amide bonds. The van der Waals surface area contributed by atoms with E-state index in [0.29, 0.717) is 22.6 Å². The maximum atomic E-state index is 12.9. The van der Waals surface area contributed by atoms with Crippen LogP contribution in [-0.2, 0) is 12.8 Å². The number of nitrogens with zero attached hydrogens (tertiary/aromatic N) is 3. The number of rotatable bonds is 5. The molecule has 10 heteroatoms. The van der Waals surface area contributed by atoms with Gasteiger partial charge in [0.1, 0.15) is 0 Å². The van der Waals surface area contributed by atoms with E-state index in [2.05, 4.69) is 10.3 Å². The summed E-state index contributed by atoms with van der Waals surface area (Å²) >= 11 is 0. The first-order valence-electron chi connectivity index (χ1n) is 8.06. The highest BCUT2D eigenvalue weighted by molar-refractivity contribution is 5.68. The van der Waals surface area contributed by atoms with Crippen LogP contribution in [0.5, 0.6) is 0 Å². The molecule has 0 saturated carbocycles. The second kappa shape index (κ2) is 7.31. The Bertz CT molecular complexity index is 1030. The summed E-state index contributed by atoms with van der Waals surface area (Å²) in [5.41, 5.74) is 0.813. The van der Waals surface area contributed by atoms with Crippen molar-refractivity contribution in [2.45, 2.75) is 12.8 Å². The molecule has 0 unspecified atom stereocenters. The van der Waals surface area contributed by atoms with E-state index in [1.165, 1.54) is 35.3 Å². The Labute approximate surface area is 157 Å². The summed E-state index contributed by atoms with van der Waals surface area (Å²) in [6, 6.07) is 7.29. The summed E-state index contributed by atoms with van der Waals surface area (Å²) in [6.07, 6.45) is -1.60. The quantitative estimate of drug-likeness (QED) is 0.506. The topological polar surface area (TPSA) is 93.2 Å². The van der Waals surface area contributed by atoms with Crippen molar-refractivity contribution in [2.75, 3.05) is 12.4 Å². The van der Waals surface area contributed by atoms with Crippen LogP contribution in [0, 0.1) is 10.1 Å². The lowest BCUT2D eigenvalue weighted by Gasteiger charge is -2.11. The predicted octanol–water partition coefficient (Wildman–Crippen LogP) is 4.00. The van der Waals surface area contributed by atoms with E-state index in [1.807, 2.05) is 0 Å². The molecule has 7 nitrogen and oxygen atoms in total. The maximum absolute atomic E-state index is 12.9. The number of halogens is 3. The van der Waals surface area contributed by atoms with Gasteiger partial charge in [-0.2, -0.15) is 13.2 Å². The Balaban J connectivity index is 2.06. The Morgan fingerprint density at radius 1 is 1.25 bits per heavy atom. The number of imidazole rings is 1. The molecule has 0 radical (unpaired) electrons. The average molecular weight is 392 g/mol. The molecule has 3 rings (SSSR count). The summed E-state index contributed by atoms with van der Waals surface area (Å²) in [5, 5.41) is 23.5. The molecular formula is C18H15F3N4O3. The van der Waals surface area contributed by atoms with Crippen molar-refractivity contribution in [1.82, 2.24) is 9.55 Å². The van der Waals surface area contributed by atoms with Crippen molar-refractivity contribution in [3.63, 3.8) is 0 Å². The van der Waals surface area contributed by atoms with Crippen LogP contribution >= 0.6 is 0 Å². The Kier molecular flexibility index (Phi) is 5.06. The first kappa shape index (κ1) is 19.4. The van der Waals surface area contributed by atoms with Gasteiger partial charge in [0.05, 0.1) is 40.5 Å². The molecule has 0 bridgehead atoms. The van der Waals surface area contributed by atoms with Crippen LogP contribution in [0.3, 0.4) is 0 Å². The monoisotopic (exact) mass is 392 g/mol. The van der Waals surface area contributed by atoms with Gasteiger partial charge in [-0.1, -0.05) is 6.07 Å². The summed E-state index contributed by atoms with van der Waals surface area (Å²) < 4.78 is 40.2. The van der Waals surface area contributed by atoms with E-state index in [-0.39, 0.29) is 11.3 Å². The first-order valence-corrected chi connectivity index (χ1v) is 8.06. The zero-order valence-electron chi connectivity index (χ0n) is 14.6. The molecule has 146 valence electrons. The van der Waals surface area contributed by atoms with E-state index in [0.717, 1.165) is 12.1 Å². The Morgan fingerprint density at radius 3 is 2.61 bits per heavy atom. The van der Waals surface area contributed by atoms with Gasteiger partial charge in [0.25, 0.3) is 5.69 Å². The van der Waals surface area contributed by atoms with E-state index < -0.39 is 23.3 Å². The number of benzene rings is 2. The van der Waals surface area contributed by atoms with Crippen LogP contribution in [0.15, 0.2) is 48.9 Å². The van der Waals surface area contributed by atoms with E-state index in [4.69, 9.17) is 0 Å². The van der Waals surface area contributed by atoms with Crippen molar-refractivity contribution >= 4 is 11.4 Å². The van der Waals surface area contributed by atoms with Crippen LogP contribution in [0.2, 0.25) is 0 Å². The Morgan fingerprint density at radius 2 is 2.00 bits per heavy atom. The molecule has 2 N–H and O–H groups in total. The molecule has 1 heterocycles. The van der Waals surface area contributed by atoms with E-state index >= 15 is 0 Å². The second-order valence-corrected chi connectivity index (χ2v) is 5.90. The molecule has 0 aliphatic carbocycles. The molecule has 0 fully saturated rings. The number of nitro groups is 1. The third-order valence-electron chi connectivity index (χ3n) is 4.20. The fraction of sp³-hybridized carbons (Fsp3) is 0.167. The van der Waals surface area contributed by atoms with Gasteiger partial charge in [-0.15, -0.1) is 0 Å². The van der Waals surface area contributed by atoms with Crippen LogP contribution in [0.25, 0.3) is 16.9 Å². The van der Waals surface area contributed by atoms with Gasteiger partial charge in [-0.3, -0.25) is 10.1 Å². The second-order valence-electron chi connectivity index (χ2n) is 5.90. The molecule has 3 aromatic rings. The van der Waals surface area contributed by atoms with Crippen LogP contribution in [0.4, 0.5) is 24.5 Å². The first-order chi connectivity index (χ1) is 13.2. The SMILES string of the molecule is CNc1ccc([N+](=O)[O-])cc1-n1cnc(-c2ccc(C(F)(F)F)cc2CO)c1. The van der Waals surface area contributed by atoms with Gasteiger partial charge in [-0.25, -0.2) is 4.98 Å². The summed E-state index contributed by atoms with van der Waals surface area (Å²) in [4.78, 5) is 14.7. The zero-order valence-corrected chi connectivity index (χ0v) is 14.6. The van der Waals surface area contributed by atoms with E-state index in [9.17, 15) is 28.4 Å². The van der Waals surface area contributed by atoms with Crippen LogP contribution < -0.4 is 5.32 Å². The number of hydrogen-bond donors (Lipinski definition) is 2. The molecular weight excluding hydrogens is 377 g/mol.